The van der Waals surface area contributed by atoms with E-state index in [9.17, 15) is 4.79 Å². The van der Waals surface area contributed by atoms with Crippen LogP contribution in [0.25, 0.3) is 0 Å². The zero-order valence-corrected chi connectivity index (χ0v) is 9.69. The van der Waals surface area contributed by atoms with Crippen molar-refractivity contribution in [1.82, 2.24) is 10.2 Å². The second kappa shape index (κ2) is 3.74. The molecule has 80 valence electrons. The van der Waals surface area contributed by atoms with Crippen LogP contribution >= 0.6 is 11.8 Å². The molecule has 1 N–H and O–H groups in total. The van der Waals surface area contributed by atoms with Gasteiger partial charge in [-0.15, -0.1) is 0 Å². The van der Waals surface area contributed by atoms with Crippen molar-refractivity contribution in [3.8, 4) is 0 Å². The average Bonchev–Trinajstić information content (AvgIpc) is 1.99. The number of carbonyl (C=O) groups excluding carboxylic acids is 1. The van der Waals surface area contributed by atoms with Gasteiger partial charge < -0.3 is 10.2 Å². The van der Waals surface area contributed by atoms with Gasteiger partial charge in [0.2, 0.25) is 5.91 Å². The summed E-state index contributed by atoms with van der Waals surface area (Å²) in [7, 11) is 0. The molecule has 0 aromatic rings. The molecule has 1 amide bonds. The number of hydrogen-bond acceptors (Lipinski definition) is 3. The van der Waals surface area contributed by atoms with Crippen LogP contribution in [0.15, 0.2) is 0 Å². The van der Waals surface area contributed by atoms with E-state index < -0.39 is 0 Å². The lowest BCUT2D eigenvalue weighted by molar-refractivity contribution is -0.135. The largest absolute Gasteiger partial charge is 0.339 e. The Kier molecular flexibility index (Phi) is 2.75. The van der Waals surface area contributed by atoms with Crippen LogP contribution in [-0.2, 0) is 4.79 Å². The summed E-state index contributed by atoms with van der Waals surface area (Å²) in [6.45, 7) is 7.25. The van der Waals surface area contributed by atoms with Crippen molar-refractivity contribution in [3.05, 3.63) is 0 Å². The highest BCUT2D eigenvalue weighted by Gasteiger charge is 2.34. The number of hydrogen-bond donors (Lipinski definition) is 1. The third-order valence-corrected chi connectivity index (χ3v) is 4.16. The van der Waals surface area contributed by atoms with E-state index in [1.165, 1.54) is 0 Å². The van der Waals surface area contributed by atoms with Crippen molar-refractivity contribution in [1.29, 1.82) is 0 Å². The lowest BCUT2D eigenvalue weighted by atomic mass is 10.0. The maximum Gasteiger partial charge on any atom is 0.239 e. The van der Waals surface area contributed by atoms with Gasteiger partial charge in [-0.2, -0.15) is 11.8 Å². The summed E-state index contributed by atoms with van der Waals surface area (Å²) in [4.78, 5) is 13.9. The van der Waals surface area contributed by atoms with Crippen LogP contribution in [0.3, 0.4) is 0 Å². The molecule has 0 spiro atoms. The number of rotatable bonds is 1. The van der Waals surface area contributed by atoms with Gasteiger partial charge in [-0.1, -0.05) is 0 Å². The monoisotopic (exact) mass is 214 g/mol. The maximum absolute atomic E-state index is 11.9. The second-order valence-corrected chi connectivity index (χ2v) is 6.47. The topological polar surface area (TPSA) is 32.3 Å². The minimum atomic E-state index is 0.119. The van der Waals surface area contributed by atoms with E-state index in [-0.39, 0.29) is 10.8 Å². The number of thioether (sulfide) groups is 1. The molecule has 3 nitrogen and oxygen atoms in total. The number of nitrogens with one attached hydrogen (secondary N) is 1. The summed E-state index contributed by atoms with van der Waals surface area (Å²) in [5, 5.41) is 3.17. The van der Waals surface area contributed by atoms with Crippen molar-refractivity contribution in [2.24, 2.45) is 0 Å². The van der Waals surface area contributed by atoms with E-state index in [1.54, 1.807) is 0 Å². The fourth-order valence-electron chi connectivity index (χ4n) is 1.92. The SMILES string of the molecule is CC1(C)CN(C(=O)[C@H]2CCN2)CCS1. The Hall–Kier alpha value is -0.220. The molecular formula is C10H18N2OS. The molecule has 0 aromatic heterocycles. The van der Waals surface area contributed by atoms with Gasteiger partial charge in [0.25, 0.3) is 0 Å². The first kappa shape index (κ1) is 10.3. The predicted molar refractivity (Wildman–Crippen MR) is 59.5 cm³/mol. The Morgan fingerprint density at radius 3 is 2.79 bits per heavy atom. The standard InChI is InChI=1S/C10H18N2OS/c1-10(2)7-12(5-6-14-10)9(13)8-3-4-11-8/h8,11H,3-7H2,1-2H3/t8-/m1/s1. The minimum Gasteiger partial charge on any atom is -0.339 e. The minimum absolute atomic E-state index is 0.119. The van der Waals surface area contributed by atoms with Crippen molar-refractivity contribution in [3.63, 3.8) is 0 Å². The summed E-state index contributed by atoms with van der Waals surface area (Å²) >= 11 is 1.96. The van der Waals surface area contributed by atoms with Crippen LogP contribution < -0.4 is 5.32 Å². The molecule has 2 aliphatic rings. The zero-order chi connectivity index (χ0) is 10.2. The Labute approximate surface area is 89.6 Å². The van der Waals surface area contributed by atoms with E-state index in [0.29, 0.717) is 5.91 Å². The molecule has 2 rings (SSSR count). The van der Waals surface area contributed by atoms with Gasteiger partial charge in [0, 0.05) is 23.6 Å². The van der Waals surface area contributed by atoms with Crippen LogP contribution in [0.4, 0.5) is 0 Å². The molecule has 1 atom stereocenters. The second-order valence-electron chi connectivity index (χ2n) is 4.66. The first-order valence-electron chi connectivity index (χ1n) is 5.25. The van der Waals surface area contributed by atoms with Crippen LogP contribution in [-0.4, -0.2) is 47.0 Å². The summed E-state index contributed by atoms with van der Waals surface area (Å²) in [6.07, 6.45) is 1.02. The highest BCUT2D eigenvalue weighted by molar-refractivity contribution is 8.00. The number of carbonyl (C=O) groups is 1. The van der Waals surface area contributed by atoms with Gasteiger partial charge in [-0.05, 0) is 26.8 Å². The van der Waals surface area contributed by atoms with Crippen molar-refractivity contribution in [2.45, 2.75) is 31.1 Å². The molecule has 0 saturated carbocycles. The summed E-state index contributed by atoms with van der Waals surface area (Å²) in [6, 6.07) is 0.119. The molecule has 2 saturated heterocycles. The smallest absolute Gasteiger partial charge is 0.239 e. The highest BCUT2D eigenvalue weighted by Crippen LogP contribution is 2.30. The Bertz CT molecular complexity index is 238. The molecule has 2 aliphatic heterocycles. The van der Waals surface area contributed by atoms with Crippen molar-refractivity contribution >= 4 is 17.7 Å². The third-order valence-electron chi connectivity index (χ3n) is 2.86. The van der Waals surface area contributed by atoms with E-state index in [1.807, 2.05) is 16.7 Å². The van der Waals surface area contributed by atoms with Gasteiger partial charge in [0.15, 0.2) is 0 Å². The van der Waals surface area contributed by atoms with Crippen LogP contribution in [0.2, 0.25) is 0 Å². The molecule has 0 bridgehead atoms. The van der Waals surface area contributed by atoms with E-state index >= 15 is 0 Å². The zero-order valence-electron chi connectivity index (χ0n) is 8.88. The van der Waals surface area contributed by atoms with Gasteiger partial charge in [0.1, 0.15) is 0 Å². The van der Waals surface area contributed by atoms with Crippen molar-refractivity contribution in [2.75, 3.05) is 25.4 Å². The summed E-state index contributed by atoms with van der Waals surface area (Å²) in [5.74, 6) is 1.38. The van der Waals surface area contributed by atoms with Crippen LogP contribution in [0.5, 0.6) is 0 Å². The summed E-state index contributed by atoms with van der Waals surface area (Å²) in [5.41, 5.74) is 0. The first-order valence-corrected chi connectivity index (χ1v) is 6.23. The predicted octanol–water partition coefficient (Wildman–Crippen LogP) is 0.702. The molecule has 14 heavy (non-hydrogen) atoms. The molecule has 0 aromatic carbocycles. The Morgan fingerprint density at radius 2 is 2.29 bits per heavy atom. The van der Waals surface area contributed by atoms with E-state index in [0.717, 1.165) is 31.8 Å². The van der Waals surface area contributed by atoms with Crippen molar-refractivity contribution < 1.29 is 4.79 Å². The van der Waals surface area contributed by atoms with Crippen LogP contribution in [0.1, 0.15) is 20.3 Å². The molecule has 0 radical (unpaired) electrons. The molecular weight excluding hydrogens is 196 g/mol. The van der Waals surface area contributed by atoms with E-state index in [2.05, 4.69) is 19.2 Å². The molecule has 2 fully saturated rings. The Morgan fingerprint density at radius 1 is 1.57 bits per heavy atom. The average molecular weight is 214 g/mol. The van der Waals surface area contributed by atoms with Gasteiger partial charge >= 0.3 is 0 Å². The third kappa shape index (κ3) is 2.06. The fraction of sp³-hybridized carbons (Fsp3) is 0.900. The fourth-order valence-corrected chi connectivity index (χ4v) is 3.04. The maximum atomic E-state index is 11.9. The first-order chi connectivity index (χ1) is 6.58. The number of amides is 1. The van der Waals surface area contributed by atoms with Gasteiger partial charge in [-0.3, -0.25) is 4.79 Å². The lowest BCUT2D eigenvalue weighted by Crippen LogP contribution is -2.57. The molecule has 2 heterocycles. The van der Waals surface area contributed by atoms with Gasteiger partial charge in [-0.25, -0.2) is 0 Å². The quantitative estimate of drug-likeness (QED) is 0.697. The lowest BCUT2D eigenvalue weighted by Gasteiger charge is -2.40. The van der Waals surface area contributed by atoms with Gasteiger partial charge in [0.05, 0.1) is 6.04 Å². The highest BCUT2D eigenvalue weighted by atomic mass is 32.2. The number of nitrogens with zero attached hydrogens (tertiary/aromatic N) is 1. The molecule has 4 heteroatoms. The summed E-state index contributed by atoms with van der Waals surface area (Å²) < 4.78 is 0.234. The normalized spacial score (nSPS) is 31.0. The van der Waals surface area contributed by atoms with Crippen LogP contribution in [0, 0.1) is 0 Å². The Balaban J connectivity index is 1.93. The van der Waals surface area contributed by atoms with E-state index in [4.69, 9.17) is 0 Å². The molecule has 0 aliphatic carbocycles. The molecule has 0 unspecified atom stereocenters.